The van der Waals surface area contributed by atoms with E-state index in [1.54, 1.807) is 41.3 Å². The fourth-order valence-electron chi connectivity index (χ4n) is 2.78. The fourth-order valence-corrected chi connectivity index (χ4v) is 4.04. The lowest BCUT2D eigenvalue weighted by molar-refractivity contribution is -0.0235. The summed E-state index contributed by atoms with van der Waals surface area (Å²) in [4.78, 5) is 14.5. The second-order valence-corrected chi connectivity index (χ2v) is 7.98. The Balaban J connectivity index is 1.71. The van der Waals surface area contributed by atoms with Crippen LogP contribution in [0.25, 0.3) is 0 Å². The Bertz CT molecular complexity index is 828. The SMILES string of the molecule is CCC1CN(C(=O)c2ccc(CS(=O)(=O)c3ccccc3)o2)CCO1. The van der Waals surface area contributed by atoms with Gasteiger partial charge in [0.1, 0.15) is 11.5 Å². The number of rotatable bonds is 5. The van der Waals surface area contributed by atoms with E-state index < -0.39 is 9.84 Å². The average molecular weight is 363 g/mol. The van der Waals surface area contributed by atoms with Gasteiger partial charge < -0.3 is 14.1 Å². The van der Waals surface area contributed by atoms with E-state index in [9.17, 15) is 13.2 Å². The lowest BCUT2D eigenvalue weighted by Crippen LogP contribution is -2.45. The number of hydrogen-bond acceptors (Lipinski definition) is 5. The summed E-state index contributed by atoms with van der Waals surface area (Å²) >= 11 is 0. The Morgan fingerprint density at radius 2 is 1.96 bits per heavy atom. The van der Waals surface area contributed by atoms with Crippen molar-refractivity contribution < 1.29 is 22.4 Å². The highest BCUT2D eigenvalue weighted by Gasteiger charge is 2.26. The molecule has 2 heterocycles. The molecule has 2 aromatic rings. The van der Waals surface area contributed by atoms with Crippen molar-refractivity contribution in [2.24, 2.45) is 0 Å². The van der Waals surface area contributed by atoms with Crippen molar-refractivity contribution >= 4 is 15.7 Å². The van der Waals surface area contributed by atoms with Gasteiger partial charge in [-0.05, 0) is 30.7 Å². The molecule has 1 atom stereocenters. The van der Waals surface area contributed by atoms with E-state index >= 15 is 0 Å². The lowest BCUT2D eigenvalue weighted by Gasteiger charge is -2.31. The van der Waals surface area contributed by atoms with E-state index in [0.29, 0.717) is 19.7 Å². The molecule has 1 aromatic carbocycles. The summed E-state index contributed by atoms with van der Waals surface area (Å²) in [6, 6.07) is 11.3. The summed E-state index contributed by atoms with van der Waals surface area (Å²) in [6.45, 7) is 3.54. The Morgan fingerprint density at radius 1 is 1.20 bits per heavy atom. The molecule has 0 bridgehead atoms. The summed E-state index contributed by atoms with van der Waals surface area (Å²) in [5.74, 6) is -0.0852. The van der Waals surface area contributed by atoms with Gasteiger partial charge in [0.2, 0.25) is 0 Å². The number of furan rings is 1. The molecule has 1 aromatic heterocycles. The van der Waals surface area contributed by atoms with Crippen LogP contribution in [0.4, 0.5) is 0 Å². The van der Waals surface area contributed by atoms with Gasteiger partial charge in [-0.25, -0.2) is 8.42 Å². The van der Waals surface area contributed by atoms with Crippen molar-refractivity contribution in [3.8, 4) is 0 Å². The van der Waals surface area contributed by atoms with Crippen molar-refractivity contribution in [1.82, 2.24) is 4.90 Å². The first kappa shape index (κ1) is 17.7. The molecule has 1 amide bonds. The highest BCUT2D eigenvalue weighted by molar-refractivity contribution is 7.90. The topological polar surface area (TPSA) is 76.8 Å². The fraction of sp³-hybridized carbons (Fsp3) is 0.389. The number of morpholine rings is 1. The molecule has 1 saturated heterocycles. The molecule has 7 heteroatoms. The number of ether oxygens (including phenoxy) is 1. The van der Waals surface area contributed by atoms with Crippen molar-refractivity contribution in [2.75, 3.05) is 19.7 Å². The van der Waals surface area contributed by atoms with Gasteiger partial charge >= 0.3 is 0 Å². The van der Waals surface area contributed by atoms with Crippen LogP contribution < -0.4 is 0 Å². The van der Waals surface area contributed by atoms with Crippen LogP contribution in [0.3, 0.4) is 0 Å². The summed E-state index contributed by atoms with van der Waals surface area (Å²) in [5, 5.41) is 0. The van der Waals surface area contributed by atoms with E-state index in [1.807, 2.05) is 6.92 Å². The largest absolute Gasteiger partial charge is 0.455 e. The molecule has 0 saturated carbocycles. The standard InChI is InChI=1S/C18H21NO5S/c1-2-14-12-19(10-11-23-14)18(20)17-9-8-15(24-17)13-25(21,22)16-6-4-3-5-7-16/h3-9,14H,2,10-13H2,1H3. The molecule has 0 radical (unpaired) electrons. The summed E-state index contributed by atoms with van der Waals surface area (Å²) in [5.41, 5.74) is 0. The van der Waals surface area contributed by atoms with E-state index in [4.69, 9.17) is 9.15 Å². The second-order valence-electron chi connectivity index (χ2n) is 5.99. The van der Waals surface area contributed by atoms with Crippen LogP contribution in [-0.2, 0) is 20.3 Å². The Hall–Kier alpha value is -2.12. The highest BCUT2D eigenvalue weighted by atomic mass is 32.2. The van der Waals surface area contributed by atoms with Gasteiger partial charge in [-0.15, -0.1) is 0 Å². The molecule has 3 rings (SSSR count). The van der Waals surface area contributed by atoms with Crippen LogP contribution in [0.1, 0.15) is 29.7 Å². The molecule has 25 heavy (non-hydrogen) atoms. The van der Waals surface area contributed by atoms with Crippen LogP contribution >= 0.6 is 0 Å². The van der Waals surface area contributed by atoms with Gasteiger partial charge in [0.05, 0.1) is 17.6 Å². The van der Waals surface area contributed by atoms with E-state index in [1.165, 1.54) is 6.07 Å². The maximum atomic E-state index is 12.5. The predicted octanol–water partition coefficient (Wildman–Crippen LogP) is 2.50. The molecular formula is C18H21NO5S. The normalized spacial score (nSPS) is 18.3. The first-order valence-electron chi connectivity index (χ1n) is 8.27. The zero-order valence-corrected chi connectivity index (χ0v) is 14.9. The van der Waals surface area contributed by atoms with E-state index in [-0.39, 0.29) is 34.2 Å². The Labute approximate surface area is 147 Å². The molecule has 0 N–H and O–H groups in total. The molecular weight excluding hydrogens is 342 g/mol. The minimum Gasteiger partial charge on any atom is -0.455 e. The van der Waals surface area contributed by atoms with Gasteiger partial charge in [-0.3, -0.25) is 4.79 Å². The van der Waals surface area contributed by atoms with Crippen LogP contribution in [0, 0.1) is 0 Å². The number of carbonyl (C=O) groups excluding carboxylic acids is 1. The number of benzene rings is 1. The maximum absolute atomic E-state index is 12.5. The molecule has 6 nitrogen and oxygen atoms in total. The summed E-state index contributed by atoms with van der Waals surface area (Å²) < 4.78 is 35.9. The van der Waals surface area contributed by atoms with E-state index in [0.717, 1.165) is 6.42 Å². The first-order valence-corrected chi connectivity index (χ1v) is 9.92. The van der Waals surface area contributed by atoms with Gasteiger partial charge in [0.25, 0.3) is 5.91 Å². The van der Waals surface area contributed by atoms with Crippen LogP contribution in [0.15, 0.2) is 51.8 Å². The number of sulfone groups is 1. The molecule has 134 valence electrons. The quantitative estimate of drug-likeness (QED) is 0.816. The van der Waals surface area contributed by atoms with Crippen molar-refractivity contribution in [3.05, 3.63) is 54.0 Å². The lowest BCUT2D eigenvalue weighted by atomic mass is 10.2. The maximum Gasteiger partial charge on any atom is 0.289 e. The van der Waals surface area contributed by atoms with Crippen molar-refractivity contribution in [1.29, 1.82) is 0 Å². The average Bonchev–Trinajstić information content (AvgIpc) is 3.09. The molecule has 1 aliphatic heterocycles. The van der Waals surface area contributed by atoms with Gasteiger partial charge in [-0.1, -0.05) is 25.1 Å². The van der Waals surface area contributed by atoms with Gasteiger partial charge in [0, 0.05) is 13.1 Å². The third-order valence-corrected chi connectivity index (χ3v) is 5.84. The second kappa shape index (κ2) is 7.41. The molecule has 0 aliphatic carbocycles. The van der Waals surface area contributed by atoms with E-state index in [2.05, 4.69) is 0 Å². The van der Waals surface area contributed by atoms with Crippen molar-refractivity contribution in [3.63, 3.8) is 0 Å². The summed E-state index contributed by atoms with van der Waals surface area (Å²) in [6.07, 6.45) is 0.869. The van der Waals surface area contributed by atoms with Crippen LogP contribution in [0.5, 0.6) is 0 Å². The third-order valence-electron chi connectivity index (χ3n) is 4.19. The number of nitrogens with zero attached hydrogens (tertiary/aromatic N) is 1. The highest BCUT2D eigenvalue weighted by Crippen LogP contribution is 2.20. The smallest absolute Gasteiger partial charge is 0.289 e. The zero-order chi connectivity index (χ0) is 17.9. The monoisotopic (exact) mass is 363 g/mol. The third kappa shape index (κ3) is 4.11. The number of amides is 1. The number of hydrogen-bond donors (Lipinski definition) is 0. The Morgan fingerprint density at radius 3 is 2.68 bits per heavy atom. The molecule has 0 spiro atoms. The van der Waals surface area contributed by atoms with Crippen LogP contribution in [-0.4, -0.2) is 45.0 Å². The molecule has 1 unspecified atom stereocenters. The minimum atomic E-state index is -3.50. The van der Waals surface area contributed by atoms with Crippen LogP contribution in [0.2, 0.25) is 0 Å². The first-order chi connectivity index (χ1) is 12.0. The predicted molar refractivity (Wildman–Crippen MR) is 92.0 cm³/mol. The summed E-state index contributed by atoms with van der Waals surface area (Å²) in [7, 11) is -3.50. The van der Waals surface area contributed by atoms with Crippen molar-refractivity contribution in [2.45, 2.75) is 30.1 Å². The number of carbonyl (C=O) groups is 1. The van der Waals surface area contributed by atoms with Gasteiger partial charge in [-0.2, -0.15) is 0 Å². The van der Waals surface area contributed by atoms with Gasteiger partial charge in [0.15, 0.2) is 15.6 Å². The molecule has 1 aliphatic rings. The minimum absolute atomic E-state index is 0.0330. The zero-order valence-electron chi connectivity index (χ0n) is 14.1. The Kier molecular flexibility index (Phi) is 5.24. The molecule has 1 fully saturated rings.